The third kappa shape index (κ3) is 6.10. The van der Waals surface area contributed by atoms with Gasteiger partial charge in [0.1, 0.15) is 10.9 Å². The molecule has 3 rings (SSSR count). The quantitative estimate of drug-likeness (QED) is 0.347. The summed E-state index contributed by atoms with van der Waals surface area (Å²) in [6.07, 6.45) is 0.267. The van der Waals surface area contributed by atoms with E-state index in [1.807, 2.05) is 0 Å². The highest BCUT2D eigenvalue weighted by molar-refractivity contribution is 7.99. The van der Waals surface area contributed by atoms with Crippen LogP contribution in [0.3, 0.4) is 0 Å². The number of hydrogen-bond donors (Lipinski definition) is 0. The lowest BCUT2D eigenvalue weighted by molar-refractivity contribution is -0.186. The van der Waals surface area contributed by atoms with Crippen LogP contribution >= 0.6 is 23.4 Å². The molecule has 0 spiro atoms. The lowest BCUT2D eigenvalue weighted by atomic mass is 10.1. The zero-order valence-corrected chi connectivity index (χ0v) is 19.1. The van der Waals surface area contributed by atoms with Crippen molar-refractivity contribution in [1.29, 1.82) is 0 Å². The van der Waals surface area contributed by atoms with Gasteiger partial charge in [0, 0.05) is 38.3 Å². The van der Waals surface area contributed by atoms with Crippen molar-refractivity contribution in [3.63, 3.8) is 0 Å². The van der Waals surface area contributed by atoms with Gasteiger partial charge in [-0.25, -0.2) is 4.98 Å². The first-order chi connectivity index (χ1) is 15.2. The summed E-state index contributed by atoms with van der Waals surface area (Å²) in [4.78, 5) is 43.3. The maximum atomic E-state index is 11.7. The second kappa shape index (κ2) is 10.6. The van der Waals surface area contributed by atoms with Crippen molar-refractivity contribution in [3.8, 4) is 17.0 Å². The van der Waals surface area contributed by atoms with Gasteiger partial charge < -0.3 is 18.9 Å². The van der Waals surface area contributed by atoms with Crippen molar-refractivity contribution in [2.75, 3.05) is 5.75 Å². The molecule has 11 heteroatoms. The van der Waals surface area contributed by atoms with Crippen LogP contribution in [0, 0.1) is 0 Å². The number of hydrogen-bond acceptors (Lipinski definition) is 10. The normalized spacial score (nSPS) is 22.5. The van der Waals surface area contributed by atoms with Crippen molar-refractivity contribution in [2.45, 2.75) is 44.5 Å². The Hall–Kier alpha value is -2.85. The highest BCUT2D eigenvalue weighted by Gasteiger charge is 2.47. The van der Waals surface area contributed by atoms with Crippen molar-refractivity contribution >= 4 is 41.3 Å². The maximum Gasteiger partial charge on any atom is 0.303 e. The van der Waals surface area contributed by atoms with Crippen molar-refractivity contribution < 1.29 is 33.3 Å². The van der Waals surface area contributed by atoms with Crippen LogP contribution in [-0.4, -0.2) is 57.4 Å². The smallest absolute Gasteiger partial charge is 0.303 e. The van der Waals surface area contributed by atoms with Gasteiger partial charge in [0.25, 0.3) is 0 Å². The highest BCUT2D eigenvalue weighted by atomic mass is 35.5. The van der Waals surface area contributed by atoms with Gasteiger partial charge in [-0.2, -0.15) is 0 Å². The molecule has 1 aliphatic heterocycles. The molecule has 2 aromatic rings. The Kier molecular flexibility index (Phi) is 7.92. The number of esters is 3. The Bertz CT molecular complexity index is 988. The second-order valence-corrected chi connectivity index (χ2v) is 8.33. The third-order valence-corrected chi connectivity index (χ3v) is 5.84. The van der Waals surface area contributed by atoms with E-state index in [0.717, 1.165) is 0 Å². The molecule has 9 nitrogen and oxygen atoms in total. The first kappa shape index (κ1) is 23.8. The number of rotatable bonds is 6. The minimum atomic E-state index is -1.02. The van der Waals surface area contributed by atoms with E-state index in [-0.39, 0.29) is 5.75 Å². The number of pyridine rings is 2. The Morgan fingerprint density at radius 2 is 1.66 bits per heavy atom. The number of nitrogens with zero attached hydrogens (tertiary/aromatic N) is 2. The Morgan fingerprint density at radius 1 is 0.969 bits per heavy atom. The fraction of sp³-hybridized carbons (Fsp3) is 0.381. The van der Waals surface area contributed by atoms with E-state index < -0.39 is 41.7 Å². The van der Waals surface area contributed by atoms with E-state index in [0.29, 0.717) is 22.2 Å². The largest absolute Gasteiger partial charge is 0.474 e. The molecule has 0 radical (unpaired) electrons. The molecule has 0 bridgehead atoms. The van der Waals surface area contributed by atoms with Crippen LogP contribution in [0.4, 0.5) is 0 Å². The standard InChI is InChI=1S/C21H21ClN2O7S/c1-11(25)28-17-10-32-21(19(30-13(3)27)18(17)29-12(2)26)31-14-6-7-16(24-9-14)15-5-4-8-23-20(15)22/h4-9,17-19,21H,10H2,1-3H3/t17-,18+,19-,21+/m1/s1. The van der Waals surface area contributed by atoms with Gasteiger partial charge in [-0.15, -0.1) is 11.8 Å². The van der Waals surface area contributed by atoms with Crippen molar-refractivity contribution in [2.24, 2.45) is 0 Å². The predicted molar refractivity (Wildman–Crippen MR) is 116 cm³/mol. The minimum absolute atomic E-state index is 0.275. The van der Waals surface area contributed by atoms with Crippen LogP contribution in [0.1, 0.15) is 20.8 Å². The van der Waals surface area contributed by atoms with E-state index in [4.69, 9.17) is 30.5 Å². The summed E-state index contributed by atoms with van der Waals surface area (Å²) in [5.41, 5.74) is 0.547. The molecule has 3 heterocycles. The molecule has 2 aromatic heterocycles. The molecule has 1 fully saturated rings. The van der Waals surface area contributed by atoms with E-state index in [9.17, 15) is 14.4 Å². The maximum absolute atomic E-state index is 11.7. The molecular formula is C21H21ClN2O7S. The molecule has 0 aromatic carbocycles. The lowest BCUT2D eigenvalue weighted by Crippen LogP contribution is -2.55. The Labute approximate surface area is 193 Å². The molecule has 0 N–H and O–H groups in total. The number of aromatic nitrogens is 2. The summed E-state index contributed by atoms with van der Waals surface area (Å²) in [6.45, 7) is 3.70. The van der Waals surface area contributed by atoms with Gasteiger partial charge in [-0.05, 0) is 24.3 Å². The van der Waals surface area contributed by atoms with Crippen LogP contribution in [0.25, 0.3) is 11.3 Å². The fourth-order valence-electron chi connectivity index (χ4n) is 3.13. The van der Waals surface area contributed by atoms with E-state index >= 15 is 0 Å². The number of halogens is 1. The average molecular weight is 481 g/mol. The van der Waals surface area contributed by atoms with Crippen molar-refractivity contribution in [3.05, 3.63) is 41.8 Å². The summed E-state index contributed by atoms with van der Waals surface area (Å²) in [5.74, 6) is -1.06. The fourth-order valence-corrected chi connectivity index (χ4v) is 4.56. The van der Waals surface area contributed by atoms with Gasteiger partial charge in [0.05, 0.1) is 11.9 Å². The Morgan fingerprint density at radius 3 is 2.25 bits per heavy atom. The molecule has 0 unspecified atom stereocenters. The Balaban J connectivity index is 1.82. The predicted octanol–water partition coefficient (Wildman–Crippen LogP) is 3.04. The molecule has 4 atom stereocenters. The number of thioether (sulfide) groups is 1. The summed E-state index contributed by atoms with van der Waals surface area (Å²) in [7, 11) is 0. The number of ether oxygens (including phenoxy) is 4. The number of carbonyl (C=O) groups excluding carboxylic acids is 3. The molecule has 32 heavy (non-hydrogen) atoms. The minimum Gasteiger partial charge on any atom is -0.474 e. The first-order valence-electron chi connectivity index (χ1n) is 9.61. The third-order valence-electron chi connectivity index (χ3n) is 4.33. The average Bonchev–Trinajstić information content (AvgIpc) is 2.72. The van der Waals surface area contributed by atoms with Crippen LogP contribution in [0.5, 0.6) is 5.75 Å². The van der Waals surface area contributed by atoms with Crippen LogP contribution in [0.2, 0.25) is 5.15 Å². The van der Waals surface area contributed by atoms with Gasteiger partial charge in [-0.1, -0.05) is 11.6 Å². The lowest BCUT2D eigenvalue weighted by Gasteiger charge is -2.39. The molecule has 1 saturated heterocycles. The molecule has 0 aliphatic carbocycles. The zero-order valence-electron chi connectivity index (χ0n) is 17.5. The van der Waals surface area contributed by atoms with Crippen LogP contribution in [-0.2, 0) is 28.6 Å². The first-order valence-corrected chi connectivity index (χ1v) is 11.0. The number of carbonyl (C=O) groups is 3. The van der Waals surface area contributed by atoms with Gasteiger partial charge in [-0.3, -0.25) is 19.4 Å². The monoisotopic (exact) mass is 480 g/mol. The summed E-state index contributed by atoms with van der Waals surface area (Å²) in [5, 5.41) is 0.326. The molecule has 0 amide bonds. The topological polar surface area (TPSA) is 114 Å². The van der Waals surface area contributed by atoms with Crippen molar-refractivity contribution in [1.82, 2.24) is 9.97 Å². The molecule has 1 aliphatic rings. The molecule has 0 saturated carbocycles. The summed E-state index contributed by atoms with van der Waals surface area (Å²) >= 11 is 7.38. The second-order valence-electron chi connectivity index (χ2n) is 6.84. The van der Waals surface area contributed by atoms with E-state index in [1.54, 1.807) is 30.5 Å². The van der Waals surface area contributed by atoms with Crippen LogP contribution in [0.15, 0.2) is 36.7 Å². The molecule has 170 valence electrons. The van der Waals surface area contributed by atoms with Gasteiger partial charge >= 0.3 is 17.9 Å². The van der Waals surface area contributed by atoms with Crippen LogP contribution < -0.4 is 4.74 Å². The zero-order chi connectivity index (χ0) is 23.3. The summed E-state index contributed by atoms with van der Waals surface area (Å²) in [6, 6.07) is 6.96. The van der Waals surface area contributed by atoms with Gasteiger partial charge in [0.2, 0.25) is 0 Å². The molecular weight excluding hydrogens is 460 g/mol. The highest BCUT2D eigenvalue weighted by Crippen LogP contribution is 2.34. The van der Waals surface area contributed by atoms with E-state index in [1.165, 1.54) is 38.7 Å². The SMILES string of the molecule is CC(=O)O[C@@H]1[C@@H](OC(C)=O)[C@@H](Oc2ccc(-c3cccnc3Cl)nc2)SC[C@H]1OC(C)=O. The van der Waals surface area contributed by atoms with E-state index in [2.05, 4.69) is 9.97 Å². The summed E-state index contributed by atoms with van der Waals surface area (Å²) < 4.78 is 22.0. The van der Waals surface area contributed by atoms with Gasteiger partial charge in [0.15, 0.2) is 23.7 Å².